The number of rotatable bonds is 9. The van der Waals surface area contributed by atoms with Gasteiger partial charge in [0.1, 0.15) is 0 Å². The lowest BCUT2D eigenvalue weighted by Crippen LogP contribution is -2.56. The Morgan fingerprint density at radius 1 is 0.650 bits per heavy atom. The summed E-state index contributed by atoms with van der Waals surface area (Å²) in [5, 5.41) is 9.00. The van der Waals surface area contributed by atoms with Gasteiger partial charge in [-0.25, -0.2) is 0 Å². The summed E-state index contributed by atoms with van der Waals surface area (Å²) >= 11 is 0. The molecule has 0 spiro atoms. The van der Waals surface area contributed by atoms with E-state index >= 15 is 0 Å². The van der Waals surface area contributed by atoms with Crippen LogP contribution in [0.4, 0.5) is 0 Å². The summed E-state index contributed by atoms with van der Waals surface area (Å²) in [7, 11) is 7.03. The van der Waals surface area contributed by atoms with E-state index in [9.17, 15) is 0 Å². The van der Waals surface area contributed by atoms with Crippen LogP contribution in [0.25, 0.3) is 11.5 Å². The van der Waals surface area contributed by atoms with Crippen molar-refractivity contribution in [3.63, 3.8) is 0 Å². The van der Waals surface area contributed by atoms with Crippen molar-refractivity contribution in [2.75, 3.05) is 0 Å². The maximum atomic E-state index is 7.03. The predicted octanol–water partition coefficient (Wildman–Crippen LogP) is 6.68. The predicted molar refractivity (Wildman–Crippen MR) is 172 cm³/mol. The molecule has 0 fully saturated rings. The fourth-order valence-electron chi connectivity index (χ4n) is 7.29. The monoisotopic (exact) mass is 530 g/mol. The molecule has 4 rings (SSSR count). The van der Waals surface area contributed by atoms with Gasteiger partial charge in [0.2, 0.25) is 5.89 Å². The maximum Gasteiger partial charge on any atom is 0.316 e. The average Bonchev–Trinajstić information content (AvgIpc) is 3.31. The molecule has 0 N–H and O–H groups in total. The number of aryl methyl sites for hydroxylation is 8. The van der Waals surface area contributed by atoms with Crippen molar-refractivity contribution < 1.29 is 4.42 Å². The van der Waals surface area contributed by atoms with Gasteiger partial charge in [-0.1, -0.05) is 108 Å². The molecule has 1 aromatic heterocycles. The second-order valence-electron chi connectivity index (χ2n) is 12.1. The van der Waals surface area contributed by atoms with Crippen LogP contribution in [0.15, 0.2) is 40.8 Å². The van der Waals surface area contributed by atoms with Crippen molar-refractivity contribution in [1.82, 2.24) is 10.2 Å². The van der Waals surface area contributed by atoms with Crippen molar-refractivity contribution in [1.29, 1.82) is 0 Å². The van der Waals surface area contributed by atoms with Gasteiger partial charge in [0, 0.05) is 5.56 Å². The van der Waals surface area contributed by atoms with Gasteiger partial charge in [-0.05, 0) is 89.5 Å². The molecular formula is C35H44B2N2O. The lowest BCUT2D eigenvalue weighted by atomic mass is 9.37. The molecule has 206 valence electrons. The molecule has 0 amide bonds. The van der Waals surface area contributed by atoms with E-state index in [-0.39, 0.29) is 12.0 Å². The van der Waals surface area contributed by atoms with Crippen LogP contribution >= 0.6 is 0 Å². The fourth-order valence-corrected chi connectivity index (χ4v) is 7.29. The first-order valence-electron chi connectivity index (χ1n) is 14.8. The zero-order valence-corrected chi connectivity index (χ0v) is 26.2. The molecule has 1 heterocycles. The number of nitrogens with zero attached hydrogens (tertiary/aromatic N) is 2. The minimum absolute atomic E-state index is 0.144. The normalized spacial score (nSPS) is 11.8. The molecule has 5 heteroatoms. The summed E-state index contributed by atoms with van der Waals surface area (Å²) in [5.41, 5.74) is 14.5. The minimum Gasteiger partial charge on any atom is -0.430 e. The van der Waals surface area contributed by atoms with Gasteiger partial charge in [-0.15, -0.1) is 10.2 Å². The van der Waals surface area contributed by atoms with Crippen molar-refractivity contribution in [2.24, 2.45) is 0 Å². The third-order valence-corrected chi connectivity index (χ3v) is 8.41. The molecule has 0 atom stereocenters. The highest BCUT2D eigenvalue weighted by Crippen LogP contribution is 2.37. The summed E-state index contributed by atoms with van der Waals surface area (Å²) in [6.07, 6.45) is 4.06. The molecule has 3 nitrogen and oxygen atoms in total. The Balaban J connectivity index is 1.87. The van der Waals surface area contributed by atoms with Gasteiger partial charge in [0.15, 0.2) is 5.79 Å². The molecule has 0 saturated carbocycles. The Morgan fingerprint density at radius 2 is 1.07 bits per heavy atom. The van der Waals surface area contributed by atoms with E-state index in [0.717, 1.165) is 31.2 Å². The van der Waals surface area contributed by atoms with Crippen molar-refractivity contribution >= 4 is 31.3 Å². The Hall–Kier alpha value is -3.07. The lowest BCUT2D eigenvalue weighted by molar-refractivity contribution is 0.493. The molecule has 4 aromatic rings. The maximum absolute atomic E-state index is 7.03. The van der Waals surface area contributed by atoms with Gasteiger partial charge in [-0.2, -0.15) is 0 Å². The lowest BCUT2D eigenvalue weighted by Gasteiger charge is -2.34. The quantitative estimate of drug-likeness (QED) is 0.227. The topological polar surface area (TPSA) is 38.9 Å². The molecule has 0 aliphatic carbocycles. The van der Waals surface area contributed by atoms with Crippen LogP contribution in [0.3, 0.4) is 0 Å². The first-order valence-corrected chi connectivity index (χ1v) is 14.8. The highest BCUT2D eigenvalue weighted by molar-refractivity contribution is 6.95. The van der Waals surface area contributed by atoms with E-state index in [1.54, 1.807) is 0 Å². The molecule has 40 heavy (non-hydrogen) atoms. The van der Waals surface area contributed by atoms with E-state index in [1.807, 2.05) is 0 Å². The SMILES string of the molecule is [B]C(CCC)(CCC)c1c(C)cc(-c2nnc(B(c3c(C)cc(C)cc3C)c3c(C)cc(C)cc3C)o2)cc1C. The van der Waals surface area contributed by atoms with E-state index in [2.05, 4.69) is 111 Å². The van der Waals surface area contributed by atoms with Crippen LogP contribution in [-0.4, -0.2) is 24.8 Å². The van der Waals surface area contributed by atoms with Crippen LogP contribution in [0.5, 0.6) is 0 Å². The molecule has 3 aromatic carbocycles. The Morgan fingerprint density at radius 3 is 1.48 bits per heavy atom. The van der Waals surface area contributed by atoms with Crippen molar-refractivity contribution in [3.05, 3.63) is 86.5 Å². The van der Waals surface area contributed by atoms with E-state index in [4.69, 9.17) is 17.4 Å². The molecule has 0 aliphatic rings. The molecule has 0 unspecified atom stereocenters. The smallest absolute Gasteiger partial charge is 0.316 e. The summed E-state index contributed by atoms with van der Waals surface area (Å²) in [4.78, 5) is 0. The third-order valence-electron chi connectivity index (χ3n) is 8.41. The minimum atomic E-state index is -0.317. The Kier molecular flexibility index (Phi) is 8.83. The summed E-state index contributed by atoms with van der Waals surface area (Å²) < 4.78 is 6.60. The first kappa shape index (κ1) is 29.9. The highest BCUT2D eigenvalue weighted by Gasteiger charge is 2.34. The number of hydrogen-bond acceptors (Lipinski definition) is 3. The highest BCUT2D eigenvalue weighted by atomic mass is 16.4. The summed E-state index contributed by atoms with van der Waals surface area (Å²) in [6, 6.07) is 13.4. The number of benzene rings is 3. The standard InChI is InChI=1S/C35H44B2N2O/c1-11-13-35(36,14-12-2)30-23(5)19-29(20-24(30)6)33-38-39-34(40-33)37(31-25(7)15-21(3)16-26(31)8)32-27(9)17-22(4)18-28(32)10/h15-20H,11-14H2,1-10H3. The molecule has 0 saturated heterocycles. The van der Waals surface area contributed by atoms with Crippen LogP contribution < -0.4 is 16.7 Å². The molecular weight excluding hydrogens is 486 g/mol. The Bertz CT molecular complexity index is 1400. The van der Waals surface area contributed by atoms with E-state index in [0.29, 0.717) is 11.7 Å². The molecule has 0 aliphatic heterocycles. The van der Waals surface area contributed by atoms with Crippen LogP contribution in [0.1, 0.15) is 89.6 Å². The third kappa shape index (κ3) is 5.71. The largest absolute Gasteiger partial charge is 0.430 e. The van der Waals surface area contributed by atoms with Gasteiger partial charge in [-0.3, -0.25) is 0 Å². The molecule has 0 bridgehead atoms. The van der Waals surface area contributed by atoms with E-state index < -0.39 is 0 Å². The summed E-state index contributed by atoms with van der Waals surface area (Å²) in [6.45, 7) is 21.7. The number of aromatic nitrogens is 2. The average molecular weight is 530 g/mol. The Labute approximate surface area is 243 Å². The zero-order chi connectivity index (χ0) is 29.4. The van der Waals surface area contributed by atoms with Crippen LogP contribution in [0.2, 0.25) is 0 Å². The van der Waals surface area contributed by atoms with E-state index in [1.165, 1.54) is 61.0 Å². The van der Waals surface area contributed by atoms with Crippen LogP contribution in [0, 0.1) is 55.4 Å². The van der Waals surface area contributed by atoms with Gasteiger partial charge < -0.3 is 4.42 Å². The fraction of sp³-hybridized carbons (Fsp3) is 0.429. The zero-order valence-electron chi connectivity index (χ0n) is 26.2. The second kappa shape index (κ2) is 11.8. The number of hydrogen-bond donors (Lipinski definition) is 0. The van der Waals surface area contributed by atoms with Gasteiger partial charge in [0.05, 0.1) is 7.85 Å². The van der Waals surface area contributed by atoms with Gasteiger partial charge >= 0.3 is 6.71 Å². The van der Waals surface area contributed by atoms with Gasteiger partial charge in [0.25, 0.3) is 0 Å². The van der Waals surface area contributed by atoms with Crippen molar-refractivity contribution in [3.8, 4) is 11.5 Å². The van der Waals surface area contributed by atoms with Crippen LogP contribution in [-0.2, 0) is 5.31 Å². The first-order chi connectivity index (χ1) is 18.9. The second-order valence-corrected chi connectivity index (χ2v) is 12.1. The van der Waals surface area contributed by atoms with Crippen molar-refractivity contribution in [2.45, 2.75) is 100 Å². The summed E-state index contributed by atoms with van der Waals surface area (Å²) in [5.74, 6) is 1.18. The molecule has 2 radical (unpaired) electrons.